The van der Waals surface area contributed by atoms with E-state index in [0.29, 0.717) is 6.54 Å². The Morgan fingerprint density at radius 2 is 2.18 bits per heavy atom. The van der Waals surface area contributed by atoms with Gasteiger partial charge >= 0.3 is 0 Å². The van der Waals surface area contributed by atoms with Crippen molar-refractivity contribution < 1.29 is 0 Å². The summed E-state index contributed by atoms with van der Waals surface area (Å²) in [5.74, 6) is 0. The maximum Gasteiger partial charge on any atom is 0.0286 e. The van der Waals surface area contributed by atoms with Crippen molar-refractivity contribution in [1.82, 2.24) is 0 Å². The van der Waals surface area contributed by atoms with E-state index in [0.717, 1.165) is 16.5 Å². The number of nitrogens with two attached hydrogens (primary N) is 1. The van der Waals surface area contributed by atoms with Crippen LogP contribution in [0.25, 0.3) is 0 Å². The summed E-state index contributed by atoms with van der Waals surface area (Å²) in [5.41, 5.74) is 8.99. The number of halogens is 1. The van der Waals surface area contributed by atoms with Gasteiger partial charge in [0.05, 0.1) is 0 Å². The summed E-state index contributed by atoms with van der Waals surface area (Å²) in [6.07, 6.45) is 0. The van der Waals surface area contributed by atoms with Crippen LogP contribution in [0.4, 0.5) is 0 Å². The van der Waals surface area contributed by atoms with Crippen molar-refractivity contribution in [2.75, 3.05) is 0 Å². The van der Waals surface area contributed by atoms with Crippen molar-refractivity contribution in [3.05, 3.63) is 41.8 Å². The number of alkyl halides is 1. The van der Waals surface area contributed by atoms with Crippen LogP contribution >= 0.6 is 15.9 Å². The monoisotopic (exact) mass is 212 g/mol. The highest BCUT2D eigenvalue weighted by atomic mass is 79.9. The summed E-state index contributed by atoms with van der Waals surface area (Å²) in [7, 11) is 0. The molecule has 0 atom stereocenters. The number of hydrogen-bond acceptors (Lipinski definition) is 1. The first-order valence-corrected chi connectivity index (χ1v) is 4.60. The van der Waals surface area contributed by atoms with Crippen molar-refractivity contribution in [1.29, 1.82) is 0 Å². The van der Waals surface area contributed by atoms with E-state index in [-0.39, 0.29) is 0 Å². The number of rotatable bonds is 2. The Balaban J connectivity index is 3.13. The summed E-state index contributed by atoms with van der Waals surface area (Å²) < 4.78 is 0. The summed E-state index contributed by atoms with van der Waals surface area (Å²) in [6, 6.07) is 6.04. The maximum atomic E-state index is 5.57. The Hall–Kier alpha value is -0.340. The zero-order valence-electron chi connectivity index (χ0n) is 6.31. The van der Waals surface area contributed by atoms with Crippen molar-refractivity contribution in [2.24, 2.45) is 5.73 Å². The topological polar surface area (TPSA) is 26.0 Å². The van der Waals surface area contributed by atoms with Gasteiger partial charge in [0.1, 0.15) is 0 Å². The zero-order chi connectivity index (χ0) is 8.27. The van der Waals surface area contributed by atoms with Gasteiger partial charge in [0.25, 0.3) is 0 Å². The molecule has 0 heterocycles. The smallest absolute Gasteiger partial charge is 0.0286 e. The van der Waals surface area contributed by atoms with E-state index in [4.69, 9.17) is 5.73 Å². The van der Waals surface area contributed by atoms with Gasteiger partial charge in [0, 0.05) is 11.9 Å². The van der Waals surface area contributed by atoms with Gasteiger partial charge < -0.3 is 5.73 Å². The largest absolute Gasteiger partial charge is 0.326 e. The molecule has 2 N–H and O–H groups in total. The van der Waals surface area contributed by atoms with Crippen LogP contribution in [0.1, 0.15) is 16.7 Å². The second kappa shape index (κ2) is 3.88. The zero-order valence-corrected chi connectivity index (χ0v) is 7.89. The lowest BCUT2D eigenvalue weighted by Gasteiger charge is -2.06. The molecular formula is C9H11BrN. The van der Waals surface area contributed by atoms with Crippen molar-refractivity contribution >= 4 is 15.9 Å². The molecule has 1 aromatic rings. The summed E-state index contributed by atoms with van der Waals surface area (Å²) in [6.45, 7) is 4.47. The average molecular weight is 213 g/mol. The predicted molar refractivity (Wildman–Crippen MR) is 51.4 cm³/mol. The molecule has 0 bridgehead atoms. The lowest BCUT2D eigenvalue weighted by atomic mass is 10.0. The van der Waals surface area contributed by atoms with Gasteiger partial charge in [-0.25, -0.2) is 0 Å². The van der Waals surface area contributed by atoms with Crippen LogP contribution in [0.3, 0.4) is 0 Å². The van der Waals surface area contributed by atoms with E-state index in [1.54, 1.807) is 0 Å². The van der Waals surface area contributed by atoms with Crippen LogP contribution in [0.15, 0.2) is 18.2 Å². The minimum absolute atomic E-state index is 0.570. The Labute approximate surface area is 75.7 Å². The van der Waals surface area contributed by atoms with Crippen LogP contribution in [-0.4, -0.2) is 0 Å². The normalized spacial score (nSPS) is 10.1. The van der Waals surface area contributed by atoms with Gasteiger partial charge in [-0.3, -0.25) is 0 Å². The van der Waals surface area contributed by atoms with Crippen LogP contribution in [0, 0.1) is 6.92 Å². The Morgan fingerprint density at radius 3 is 2.64 bits per heavy atom. The molecule has 0 aliphatic carbocycles. The molecule has 0 saturated carbocycles. The Bertz CT molecular complexity index is 245. The summed E-state index contributed by atoms with van der Waals surface area (Å²) in [4.78, 5) is 0. The van der Waals surface area contributed by atoms with Crippen molar-refractivity contribution in [3.63, 3.8) is 0 Å². The van der Waals surface area contributed by atoms with E-state index in [9.17, 15) is 0 Å². The highest BCUT2D eigenvalue weighted by molar-refractivity contribution is 9.08. The van der Waals surface area contributed by atoms with Gasteiger partial charge in [0.15, 0.2) is 0 Å². The summed E-state index contributed by atoms with van der Waals surface area (Å²) in [5, 5.41) is 0.850. The molecule has 0 amide bonds. The molecule has 11 heavy (non-hydrogen) atoms. The van der Waals surface area contributed by atoms with Gasteiger partial charge in [-0.05, 0) is 23.6 Å². The molecule has 0 fully saturated rings. The molecule has 0 aromatic heterocycles. The Morgan fingerprint density at radius 1 is 1.45 bits per heavy atom. The van der Waals surface area contributed by atoms with E-state index in [1.807, 2.05) is 12.1 Å². The fourth-order valence-electron chi connectivity index (χ4n) is 1.08. The lowest BCUT2D eigenvalue weighted by molar-refractivity contribution is 1.04. The molecule has 1 aromatic carbocycles. The minimum atomic E-state index is 0.570. The van der Waals surface area contributed by atoms with Crippen LogP contribution < -0.4 is 5.73 Å². The number of hydrogen-bond donors (Lipinski definition) is 1. The van der Waals surface area contributed by atoms with E-state index >= 15 is 0 Å². The van der Waals surface area contributed by atoms with Crippen LogP contribution in [0.2, 0.25) is 0 Å². The first kappa shape index (κ1) is 8.75. The standard InChI is InChI=1S/C9H11BrN/c1-7-3-2-4-8(5-10)9(7)6-11/h2-4H,1,5-6,11H2. The van der Waals surface area contributed by atoms with E-state index in [1.165, 1.54) is 5.56 Å². The molecule has 1 nitrogen and oxygen atoms in total. The fourth-order valence-corrected chi connectivity index (χ4v) is 1.60. The van der Waals surface area contributed by atoms with E-state index in [2.05, 4.69) is 28.9 Å². The minimum Gasteiger partial charge on any atom is -0.326 e. The first-order valence-electron chi connectivity index (χ1n) is 3.48. The van der Waals surface area contributed by atoms with Crippen LogP contribution in [-0.2, 0) is 11.9 Å². The molecule has 1 rings (SSSR count). The van der Waals surface area contributed by atoms with Crippen LogP contribution in [0.5, 0.6) is 0 Å². The van der Waals surface area contributed by atoms with Gasteiger partial charge in [-0.2, -0.15) is 0 Å². The molecule has 0 saturated heterocycles. The lowest BCUT2D eigenvalue weighted by Crippen LogP contribution is -2.02. The molecule has 0 unspecified atom stereocenters. The quantitative estimate of drug-likeness (QED) is 0.749. The third kappa shape index (κ3) is 1.82. The van der Waals surface area contributed by atoms with Crippen molar-refractivity contribution in [2.45, 2.75) is 11.9 Å². The fraction of sp³-hybridized carbons (Fsp3) is 0.222. The SMILES string of the molecule is [CH2]c1cccc(CBr)c1CN. The molecule has 59 valence electrons. The second-order valence-corrected chi connectivity index (χ2v) is 2.95. The van der Waals surface area contributed by atoms with Gasteiger partial charge in [-0.15, -0.1) is 0 Å². The average Bonchev–Trinajstić information content (AvgIpc) is 2.04. The molecular weight excluding hydrogens is 202 g/mol. The first-order chi connectivity index (χ1) is 5.29. The third-order valence-corrected chi connectivity index (χ3v) is 2.32. The third-order valence-electron chi connectivity index (χ3n) is 1.72. The molecule has 0 aliphatic heterocycles. The Kier molecular flexibility index (Phi) is 3.09. The molecule has 1 radical (unpaired) electrons. The van der Waals surface area contributed by atoms with Crippen molar-refractivity contribution in [3.8, 4) is 0 Å². The van der Waals surface area contributed by atoms with E-state index < -0.39 is 0 Å². The van der Waals surface area contributed by atoms with Gasteiger partial charge in [0.2, 0.25) is 0 Å². The highest BCUT2D eigenvalue weighted by Gasteiger charge is 2.00. The maximum absolute atomic E-state index is 5.57. The predicted octanol–water partition coefficient (Wildman–Crippen LogP) is 2.22. The molecule has 0 spiro atoms. The molecule has 0 aliphatic rings. The van der Waals surface area contributed by atoms with Gasteiger partial charge in [-0.1, -0.05) is 34.1 Å². The summed E-state index contributed by atoms with van der Waals surface area (Å²) >= 11 is 3.40. The second-order valence-electron chi connectivity index (χ2n) is 2.39. The highest BCUT2D eigenvalue weighted by Crippen LogP contribution is 2.15. The number of benzene rings is 1. The molecule has 2 heteroatoms.